The minimum Gasteiger partial charge on any atom is -0.313 e. The normalized spacial score (nSPS) is 21.4. The molecule has 2 aromatic rings. The van der Waals surface area contributed by atoms with Gasteiger partial charge in [0.15, 0.2) is 0 Å². The van der Waals surface area contributed by atoms with Crippen LogP contribution >= 0.6 is 0 Å². The summed E-state index contributed by atoms with van der Waals surface area (Å²) in [6.07, 6.45) is 6.82. The monoisotopic (exact) mass is 279 g/mol. The molecule has 110 valence electrons. The molecule has 4 rings (SSSR count). The summed E-state index contributed by atoms with van der Waals surface area (Å²) in [7, 11) is 0. The number of hydrogen-bond donors (Lipinski definition) is 1. The van der Waals surface area contributed by atoms with E-state index in [2.05, 4.69) is 54.7 Å². The molecule has 1 nitrogen and oxygen atoms in total. The van der Waals surface area contributed by atoms with Crippen LogP contribution in [-0.4, -0.2) is 12.6 Å². The lowest BCUT2D eigenvalue weighted by atomic mass is 9.78. The van der Waals surface area contributed by atoms with Gasteiger partial charge in [-0.05, 0) is 59.8 Å². The van der Waals surface area contributed by atoms with Crippen molar-refractivity contribution in [1.82, 2.24) is 5.32 Å². The molecule has 21 heavy (non-hydrogen) atoms. The quantitative estimate of drug-likeness (QED) is 0.818. The third kappa shape index (κ3) is 2.85. The lowest BCUT2D eigenvalue weighted by Crippen LogP contribution is -2.36. The first-order valence-corrected chi connectivity index (χ1v) is 8.45. The van der Waals surface area contributed by atoms with Crippen LogP contribution in [-0.2, 0) is 6.42 Å². The average Bonchev–Trinajstić information content (AvgIpc) is 3.39. The predicted octanol–water partition coefficient (Wildman–Crippen LogP) is 4.55. The fraction of sp³-hybridized carbons (Fsp3) is 0.500. The Morgan fingerprint density at radius 3 is 2.52 bits per heavy atom. The molecule has 0 amide bonds. The Morgan fingerprint density at radius 1 is 1.00 bits per heavy atom. The third-order valence-corrected chi connectivity index (χ3v) is 5.41. The molecule has 0 aromatic heterocycles. The highest BCUT2D eigenvalue weighted by molar-refractivity contribution is 5.85. The van der Waals surface area contributed by atoms with E-state index in [1.165, 1.54) is 55.0 Å². The van der Waals surface area contributed by atoms with Crippen molar-refractivity contribution in [2.45, 2.75) is 45.1 Å². The van der Waals surface area contributed by atoms with Crippen molar-refractivity contribution < 1.29 is 0 Å². The Labute approximate surface area is 127 Å². The van der Waals surface area contributed by atoms with Gasteiger partial charge in [0.1, 0.15) is 0 Å². The van der Waals surface area contributed by atoms with E-state index in [1.54, 1.807) is 0 Å². The fourth-order valence-corrected chi connectivity index (χ4v) is 3.68. The lowest BCUT2D eigenvalue weighted by Gasteiger charge is -2.31. The van der Waals surface area contributed by atoms with Gasteiger partial charge in [-0.2, -0.15) is 0 Å². The molecular formula is C20H25N. The van der Waals surface area contributed by atoms with E-state index in [0.717, 1.165) is 12.0 Å². The second-order valence-corrected chi connectivity index (χ2v) is 7.40. The van der Waals surface area contributed by atoms with Crippen LogP contribution in [0.1, 0.15) is 38.2 Å². The van der Waals surface area contributed by atoms with Crippen LogP contribution in [0.5, 0.6) is 0 Å². The van der Waals surface area contributed by atoms with Crippen molar-refractivity contribution in [2.24, 2.45) is 11.3 Å². The third-order valence-electron chi connectivity index (χ3n) is 5.41. The molecule has 0 saturated heterocycles. The highest BCUT2D eigenvalue weighted by atomic mass is 15.0. The standard InChI is InChI=1S/C20H25N/c1-20(17-9-10-17,14-21-18-11-12-18)13-16-7-4-6-15-5-2-3-8-19(15)16/h2-8,17-18,21H,9-14H2,1H3. The molecule has 2 aliphatic rings. The highest BCUT2D eigenvalue weighted by Gasteiger charge is 2.42. The van der Waals surface area contributed by atoms with Crippen LogP contribution in [0.25, 0.3) is 10.8 Å². The summed E-state index contributed by atoms with van der Waals surface area (Å²) in [5, 5.41) is 6.61. The van der Waals surface area contributed by atoms with Crippen molar-refractivity contribution in [1.29, 1.82) is 0 Å². The van der Waals surface area contributed by atoms with Crippen LogP contribution in [0, 0.1) is 11.3 Å². The van der Waals surface area contributed by atoms with Gasteiger partial charge in [0.05, 0.1) is 0 Å². The summed E-state index contributed by atoms with van der Waals surface area (Å²) in [6.45, 7) is 3.69. The zero-order valence-corrected chi connectivity index (χ0v) is 12.9. The summed E-state index contributed by atoms with van der Waals surface area (Å²) in [5.41, 5.74) is 1.95. The summed E-state index contributed by atoms with van der Waals surface area (Å²) in [6, 6.07) is 16.4. The summed E-state index contributed by atoms with van der Waals surface area (Å²) >= 11 is 0. The zero-order valence-electron chi connectivity index (χ0n) is 12.9. The SMILES string of the molecule is CC(CNC1CC1)(Cc1cccc2ccccc12)C1CC1. The molecule has 2 aromatic carbocycles. The molecule has 2 saturated carbocycles. The first kappa shape index (κ1) is 13.3. The van der Waals surface area contributed by atoms with Crippen LogP contribution < -0.4 is 5.32 Å². The Bertz CT molecular complexity index is 634. The largest absolute Gasteiger partial charge is 0.313 e. The minimum absolute atomic E-state index is 0.423. The molecule has 1 unspecified atom stereocenters. The lowest BCUT2D eigenvalue weighted by molar-refractivity contribution is 0.255. The molecule has 1 heteroatoms. The second-order valence-electron chi connectivity index (χ2n) is 7.40. The van der Waals surface area contributed by atoms with Gasteiger partial charge in [-0.15, -0.1) is 0 Å². The van der Waals surface area contributed by atoms with E-state index >= 15 is 0 Å². The number of hydrogen-bond acceptors (Lipinski definition) is 1. The van der Waals surface area contributed by atoms with Crippen LogP contribution in [0.2, 0.25) is 0 Å². The second kappa shape index (κ2) is 5.14. The Balaban J connectivity index is 1.61. The number of rotatable bonds is 6. The molecule has 1 atom stereocenters. The fourth-order valence-electron chi connectivity index (χ4n) is 3.68. The zero-order chi connectivity index (χ0) is 14.3. The number of benzene rings is 2. The molecule has 0 radical (unpaired) electrons. The van der Waals surface area contributed by atoms with E-state index in [9.17, 15) is 0 Å². The van der Waals surface area contributed by atoms with Crippen molar-refractivity contribution >= 4 is 10.8 Å². The van der Waals surface area contributed by atoms with Gasteiger partial charge >= 0.3 is 0 Å². The molecule has 0 bridgehead atoms. The molecule has 0 heterocycles. The van der Waals surface area contributed by atoms with E-state index in [4.69, 9.17) is 0 Å². The Hall–Kier alpha value is -1.34. The van der Waals surface area contributed by atoms with Gasteiger partial charge in [-0.25, -0.2) is 0 Å². The molecular weight excluding hydrogens is 254 g/mol. The molecule has 2 fully saturated rings. The maximum Gasteiger partial charge on any atom is 0.00684 e. The topological polar surface area (TPSA) is 12.0 Å². The highest BCUT2D eigenvalue weighted by Crippen LogP contribution is 2.48. The molecule has 1 N–H and O–H groups in total. The van der Waals surface area contributed by atoms with Gasteiger partial charge in [0.2, 0.25) is 0 Å². The molecule has 0 spiro atoms. The van der Waals surface area contributed by atoms with E-state index in [1.807, 2.05) is 0 Å². The molecule has 2 aliphatic carbocycles. The van der Waals surface area contributed by atoms with Crippen LogP contribution in [0.15, 0.2) is 42.5 Å². The van der Waals surface area contributed by atoms with Gasteiger partial charge in [0, 0.05) is 12.6 Å². The predicted molar refractivity (Wildman–Crippen MR) is 89.5 cm³/mol. The summed E-state index contributed by atoms with van der Waals surface area (Å²) < 4.78 is 0. The maximum atomic E-state index is 3.79. The minimum atomic E-state index is 0.423. The maximum absolute atomic E-state index is 3.79. The van der Waals surface area contributed by atoms with Gasteiger partial charge < -0.3 is 5.32 Å². The van der Waals surface area contributed by atoms with E-state index in [-0.39, 0.29) is 0 Å². The van der Waals surface area contributed by atoms with Crippen LogP contribution in [0.3, 0.4) is 0 Å². The van der Waals surface area contributed by atoms with Gasteiger partial charge in [-0.3, -0.25) is 0 Å². The van der Waals surface area contributed by atoms with E-state index < -0.39 is 0 Å². The number of nitrogens with one attached hydrogen (secondary N) is 1. The van der Waals surface area contributed by atoms with Gasteiger partial charge in [0.25, 0.3) is 0 Å². The summed E-state index contributed by atoms with van der Waals surface area (Å²) in [4.78, 5) is 0. The van der Waals surface area contributed by atoms with E-state index in [0.29, 0.717) is 5.41 Å². The smallest absolute Gasteiger partial charge is 0.00684 e. The first-order chi connectivity index (χ1) is 10.2. The average molecular weight is 279 g/mol. The first-order valence-electron chi connectivity index (χ1n) is 8.45. The van der Waals surface area contributed by atoms with Gasteiger partial charge in [-0.1, -0.05) is 49.4 Å². The number of fused-ring (bicyclic) bond motifs is 1. The van der Waals surface area contributed by atoms with Crippen LogP contribution in [0.4, 0.5) is 0 Å². The molecule has 0 aliphatic heterocycles. The van der Waals surface area contributed by atoms with Crippen molar-refractivity contribution in [3.8, 4) is 0 Å². The Morgan fingerprint density at radius 2 is 1.76 bits per heavy atom. The van der Waals surface area contributed by atoms with Crippen molar-refractivity contribution in [3.63, 3.8) is 0 Å². The Kier molecular flexibility index (Phi) is 3.26. The summed E-state index contributed by atoms with van der Waals surface area (Å²) in [5.74, 6) is 0.919. The van der Waals surface area contributed by atoms with Crippen molar-refractivity contribution in [3.05, 3.63) is 48.0 Å². The van der Waals surface area contributed by atoms with Crippen molar-refractivity contribution in [2.75, 3.05) is 6.54 Å².